The highest BCUT2D eigenvalue weighted by Gasteiger charge is 2.42. The van der Waals surface area contributed by atoms with Crippen molar-refractivity contribution in [2.45, 2.75) is 25.6 Å². The SMILES string of the molecule is CC1(C)C(=O)NC(=O)CN1c1ccc(N)c(C(F)(F)F)c1. The van der Waals surface area contributed by atoms with E-state index in [1.54, 1.807) is 0 Å². The van der Waals surface area contributed by atoms with Gasteiger partial charge in [0.1, 0.15) is 5.54 Å². The molecule has 5 nitrogen and oxygen atoms in total. The Morgan fingerprint density at radius 2 is 1.90 bits per heavy atom. The van der Waals surface area contributed by atoms with Gasteiger partial charge in [0.15, 0.2) is 0 Å². The summed E-state index contributed by atoms with van der Waals surface area (Å²) < 4.78 is 38.7. The standard InChI is InChI=1S/C13H14F3N3O2/c1-12(2)11(21)18-10(20)6-19(12)7-3-4-9(17)8(5-7)13(14,15)16/h3-5H,6,17H2,1-2H3,(H,18,20,21). The molecule has 1 heterocycles. The first kappa shape index (κ1) is 15.1. The van der Waals surface area contributed by atoms with Gasteiger partial charge in [0.2, 0.25) is 5.91 Å². The fraction of sp³-hybridized carbons (Fsp3) is 0.385. The summed E-state index contributed by atoms with van der Waals surface area (Å²) in [5.41, 5.74) is 2.91. The van der Waals surface area contributed by atoms with Crippen molar-refractivity contribution in [2.75, 3.05) is 17.2 Å². The number of carbonyl (C=O) groups is 2. The number of piperazine rings is 1. The predicted molar refractivity (Wildman–Crippen MR) is 70.4 cm³/mol. The fourth-order valence-corrected chi connectivity index (χ4v) is 2.15. The van der Waals surface area contributed by atoms with Gasteiger partial charge in [-0.3, -0.25) is 14.9 Å². The summed E-state index contributed by atoms with van der Waals surface area (Å²) in [6.45, 7) is 2.84. The summed E-state index contributed by atoms with van der Waals surface area (Å²) in [5, 5.41) is 2.16. The Labute approximate surface area is 118 Å². The van der Waals surface area contributed by atoms with E-state index in [0.29, 0.717) is 0 Å². The summed E-state index contributed by atoms with van der Waals surface area (Å²) in [5.74, 6) is -1.13. The lowest BCUT2D eigenvalue weighted by atomic mass is 9.97. The van der Waals surface area contributed by atoms with E-state index in [9.17, 15) is 22.8 Å². The van der Waals surface area contributed by atoms with E-state index in [2.05, 4.69) is 5.32 Å². The average molecular weight is 301 g/mol. The smallest absolute Gasteiger partial charge is 0.398 e. The van der Waals surface area contributed by atoms with Gasteiger partial charge in [0.25, 0.3) is 5.91 Å². The molecule has 21 heavy (non-hydrogen) atoms. The molecule has 2 amide bonds. The Morgan fingerprint density at radius 3 is 2.48 bits per heavy atom. The monoisotopic (exact) mass is 301 g/mol. The van der Waals surface area contributed by atoms with Gasteiger partial charge >= 0.3 is 6.18 Å². The lowest BCUT2D eigenvalue weighted by molar-refractivity contribution is -0.137. The number of alkyl halides is 3. The van der Waals surface area contributed by atoms with E-state index >= 15 is 0 Å². The molecule has 1 aromatic carbocycles. The van der Waals surface area contributed by atoms with Crippen LogP contribution in [0.1, 0.15) is 19.4 Å². The fourth-order valence-electron chi connectivity index (χ4n) is 2.15. The number of halogens is 3. The Morgan fingerprint density at radius 1 is 1.29 bits per heavy atom. The van der Waals surface area contributed by atoms with Crippen LogP contribution >= 0.6 is 0 Å². The minimum atomic E-state index is -4.60. The number of hydrogen-bond acceptors (Lipinski definition) is 4. The van der Waals surface area contributed by atoms with E-state index in [1.807, 2.05) is 0 Å². The Kier molecular flexibility index (Phi) is 3.35. The molecule has 0 radical (unpaired) electrons. The first-order valence-electron chi connectivity index (χ1n) is 6.12. The van der Waals surface area contributed by atoms with E-state index in [-0.39, 0.29) is 12.2 Å². The molecule has 0 aromatic heterocycles. The highest BCUT2D eigenvalue weighted by atomic mass is 19.4. The van der Waals surface area contributed by atoms with Gasteiger partial charge in [-0.15, -0.1) is 0 Å². The summed E-state index contributed by atoms with van der Waals surface area (Å²) in [4.78, 5) is 24.6. The molecule has 1 fully saturated rings. The van der Waals surface area contributed by atoms with Crippen LogP contribution in [-0.4, -0.2) is 23.9 Å². The number of benzene rings is 1. The second kappa shape index (κ2) is 4.64. The number of nitrogens with zero attached hydrogens (tertiary/aromatic N) is 1. The van der Waals surface area contributed by atoms with Gasteiger partial charge in [-0.2, -0.15) is 13.2 Å². The molecule has 114 valence electrons. The van der Waals surface area contributed by atoms with Crippen molar-refractivity contribution < 1.29 is 22.8 Å². The van der Waals surface area contributed by atoms with Crippen molar-refractivity contribution in [3.63, 3.8) is 0 Å². The van der Waals surface area contributed by atoms with E-state index in [0.717, 1.165) is 12.1 Å². The van der Waals surface area contributed by atoms with Crippen LogP contribution in [0.15, 0.2) is 18.2 Å². The lowest BCUT2D eigenvalue weighted by Gasteiger charge is -2.42. The van der Waals surface area contributed by atoms with Crippen LogP contribution in [0.25, 0.3) is 0 Å². The molecule has 0 atom stereocenters. The van der Waals surface area contributed by atoms with E-state index in [4.69, 9.17) is 5.73 Å². The normalized spacial score (nSPS) is 18.6. The van der Waals surface area contributed by atoms with Crippen molar-refractivity contribution in [3.8, 4) is 0 Å². The molecule has 0 aliphatic carbocycles. The van der Waals surface area contributed by atoms with Gasteiger partial charge in [-0.1, -0.05) is 0 Å². The number of nitrogen functional groups attached to an aromatic ring is 1. The molecule has 1 aliphatic rings. The van der Waals surface area contributed by atoms with Crippen LogP contribution in [-0.2, 0) is 15.8 Å². The maximum Gasteiger partial charge on any atom is 0.418 e. The third kappa shape index (κ3) is 2.65. The number of amides is 2. The molecule has 1 saturated heterocycles. The van der Waals surface area contributed by atoms with Crippen LogP contribution in [0.5, 0.6) is 0 Å². The highest BCUT2D eigenvalue weighted by molar-refractivity contribution is 6.06. The number of nitrogens with two attached hydrogens (primary N) is 1. The van der Waals surface area contributed by atoms with Crippen molar-refractivity contribution in [1.82, 2.24) is 5.32 Å². The van der Waals surface area contributed by atoms with Crippen molar-refractivity contribution in [1.29, 1.82) is 0 Å². The Balaban J connectivity index is 2.50. The second-order valence-corrected chi connectivity index (χ2v) is 5.29. The number of carbonyl (C=O) groups excluding carboxylic acids is 2. The molecule has 8 heteroatoms. The lowest BCUT2D eigenvalue weighted by Crippen LogP contribution is -2.64. The molecule has 0 spiro atoms. The summed E-state index contributed by atoms with van der Waals surface area (Å²) in [6.07, 6.45) is -4.60. The van der Waals surface area contributed by atoms with Crippen LogP contribution < -0.4 is 16.0 Å². The molecule has 1 aromatic rings. The summed E-state index contributed by atoms with van der Waals surface area (Å²) >= 11 is 0. The molecule has 0 saturated carbocycles. The first-order chi connectivity index (χ1) is 9.53. The van der Waals surface area contributed by atoms with E-state index < -0.39 is 34.8 Å². The topological polar surface area (TPSA) is 75.4 Å². The van der Waals surface area contributed by atoms with Gasteiger partial charge < -0.3 is 10.6 Å². The van der Waals surface area contributed by atoms with Crippen LogP contribution in [0.2, 0.25) is 0 Å². The summed E-state index contributed by atoms with van der Waals surface area (Å²) in [7, 11) is 0. The second-order valence-electron chi connectivity index (χ2n) is 5.29. The predicted octanol–water partition coefficient (Wildman–Crippen LogP) is 1.53. The molecule has 0 bridgehead atoms. The minimum absolute atomic E-state index is 0.115. The zero-order valence-corrected chi connectivity index (χ0v) is 11.4. The minimum Gasteiger partial charge on any atom is -0.398 e. The zero-order chi connectivity index (χ0) is 16.0. The van der Waals surface area contributed by atoms with Gasteiger partial charge in [0, 0.05) is 11.4 Å². The summed E-state index contributed by atoms with van der Waals surface area (Å²) in [6, 6.07) is 3.33. The molecular weight excluding hydrogens is 287 g/mol. The number of anilines is 2. The quantitative estimate of drug-likeness (QED) is 0.609. The Hall–Kier alpha value is -2.25. The molecule has 1 aliphatic heterocycles. The zero-order valence-electron chi connectivity index (χ0n) is 11.4. The van der Waals surface area contributed by atoms with Crippen molar-refractivity contribution in [2.24, 2.45) is 0 Å². The third-order valence-corrected chi connectivity index (χ3v) is 3.44. The van der Waals surface area contributed by atoms with Crippen LogP contribution in [0.3, 0.4) is 0 Å². The van der Waals surface area contributed by atoms with Gasteiger partial charge in [-0.05, 0) is 32.0 Å². The number of nitrogens with one attached hydrogen (secondary N) is 1. The maximum absolute atomic E-state index is 12.9. The molecule has 3 N–H and O–H groups in total. The van der Waals surface area contributed by atoms with Gasteiger partial charge in [-0.25, -0.2) is 0 Å². The molecular formula is C13H14F3N3O2. The maximum atomic E-state index is 12.9. The third-order valence-electron chi connectivity index (χ3n) is 3.44. The molecule has 0 unspecified atom stereocenters. The number of hydrogen-bond donors (Lipinski definition) is 2. The number of imide groups is 1. The van der Waals surface area contributed by atoms with E-state index in [1.165, 1.54) is 24.8 Å². The Bertz CT molecular complexity index is 611. The van der Waals surface area contributed by atoms with Gasteiger partial charge in [0.05, 0.1) is 12.1 Å². The number of rotatable bonds is 1. The first-order valence-corrected chi connectivity index (χ1v) is 6.12. The van der Waals surface area contributed by atoms with Crippen LogP contribution in [0, 0.1) is 0 Å². The van der Waals surface area contributed by atoms with Crippen molar-refractivity contribution >= 4 is 23.2 Å². The largest absolute Gasteiger partial charge is 0.418 e. The van der Waals surface area contributed by atoms with Crippen molar-refractivity contribution in [3.05, 3.63) is 23.8 Å². The highest BCUT2D eigenvalue weighted by Crippen LogP contribution is 2.37. The average Bonchev–Trinajstić information content (AvgIpc) is 2.33. The van der Waals surface area contributed by atoms with Crippen LogP contribution in [0.4, 0.5) is 24.5 Å². The molecule has 2 rings (SSSR count).